The Labute approximate surface area is 709 Å². The van der Waals surface area contributed by atoms with Crippen molar-refractivity contribution in [3.05, 3.63) is 71.3 Å². The summed E-state index contributed by atoms with van der Waals surface area (Å²) in [5, 5.41) is 58.0. The highest BCUT2D eigenvalue weighted by molar-refractivity contribution is 5.94. The van der Waals surface area contributed by atoms with Crippen molar-refractivity contribution in [1.29, 1.82) is 0 Å². The molecule has 23 atom stereocenters. The number of nitrogens with two attached hydrogens (primary N) is 1. The first-order valence-electron chi connectivity index (χ1n) is 43.3. The van der Waals surface area contributed by atoms with Crippen molar-refractivity contribution in [3.63, 3.8) is 0 Å². The first-order chi connectivity index (χ1) is 56.7. The van der Waals surface area contributed by atoms with Gasteiger partial charge in [-0.1, -0.05) is 123 Å². The zero-order valence-electron chi connectivity index (χ0n) is 73.8. The number of fused-ring (bicyclic) bond motifs is 1. The Bertz CT molecular complexity index is 3670. The molecule has 674 valence electrons. The number of rotatable bonds is 51. The number of likely N-dealkylation sites (tertiary alicyclic amines) is 1. The van der Waals surface area contributed by atoms with Gasteiger partial charge in [-0.25, -0.2) is 4.79 Å². The molecule has 0 aliphatic carbocycles. The van der Waals surface area contributed by atoms with Crippen molar-refractivity contribution in [1.82, 2.24) is 41.3 Å². The van der Waals surface area contributed by atoms with Gasteiger partial charge >= 0.3 is 6.03 Å². The Kier molecular flexibility index (Phi) is 39.3. The van der Waals surface area contributed by atoms with Crippen LogP contribution in [0.2, 0.25) is 0 Å². The fourth-order valence-corrected chi connectivity index (χ4v) is 18.1. The molecule has 7 rings (SSSR count). The van der Waals surface area contributed by atoms with Gasteiger partial charge in [0.1, 0.15) is 60.1 Å². The summed E-state index contributed by atoms with van der Waals surface area (Å²) >= 11 is 0. The number of likely N-dealkylation sites (N-methyl/N-ethyl adjacent to an activating group) is 3. The summed E-state index contributed by atoms with van der Waals surface area (Å²) in [6.07, 6.45) is -11.7. The zero-order valence-corrected chi connectivity index (χ0v) is 73.8. The average molecular weight is 1690 g/mol. The van der Waals surface area contributed by atoms with Crippen molar-refractivity contribution in [2.24, 2.45) is 53.1 Å². The Hall–Kier alpha value is -7.11. The molecule has 2 aromatic carbocycles. The van der Waals surface area contributed by atoms with E-state index in [1.807, 2.05) is 103 Å². The third-order valence-electron chi connectivity index (χ3n) is 25.0. The molecule has 5 heterocycles. The molecule has 10 unspecified atom stereocenters. The first-order valence-corrected chi connectivity index (χ1v) is 43.3. The number of carbonyl (C=O) groups excluding carboxylic acids is 11. The lowest BCUT2D eigenvalue weighted by molar-refractivity contribution is -0.187. The van der Waals surface area contributed by atoms with Crippen LogP contribution in [0, 0.1) is 47.3 Å². The minimum Gasteiger partial charge on any atom is -0.388 e. The number of hydrogen-bond donors (Lipinski definition) is 10. The third-order valence-corrected chi connectivity index (χ3v) is 25.0. The number of amides is 7. The smallest absolute Gasteiger partial charge is 0.312 e. The monoisotopic (exact) mass is 1690 g/mol. The van der Waals surface area contributed by atoms with Crippen LogP contribution in [0.5, 0.6) is 0 Å². The highest BCUT2D eigenvalue weighted by Gasteiger charge is 2.56. The van der Waals surface area contributed by atoms with Gasteiger partial charge < -0.3 is 95.7 Å². The molecule has 5 fully saturated rings. The Morgan fingerprint density at radius 2 is 1.23 bits per heavy atom. The summed E-state index contributed by atoms with van der Waals surface area (Å²) in [6, 6.07) is 13.5. The Balaban J connectivity index is 0.891. The lowest BCUT2D eigenvalue weighted by Gasteiger charge is -2.41. The minimum atomic E-state index is -1.56. The van der Waals surface area contributed by atoms with Crippen LogP contribution >= 0.6 is 0 Å². The largest absolute Gasteiger partial charge is 0.388 e. The van der Waals surface area contributed by atoms with E-state index in [4.69, 9.17) is 38.9 Å². The number of carbonyl (C=O) groups is 11. The van der Waals surface area contributed by atoms with Crippen LogP contribution in [0.25, 0.3) is 0 Å². The van der Waals surface area contributed by atoms with Crippen LogP contribution in [-0.4, -0.2) is 290 Å². The van der Waals surface area contributed by atoms with Crippen molar-refractivity contribution in [2.75, 3.05) is 75.1 Å². The summed E-state index contributed by atoms with van der Waals surface area (Å²) in [5.74, 6) is -7.58. The Morgan fingerprint density at radius 3 is 1.82 bits per heavy atom. The Morgan fingerprint density at radius 1 is 0.625 bits per heavy atom. The maximum Gasteiger partial charge on any atom is 0.312 e. The standard InChI is InChI=1S/C89H141N9O22/c1-18-52(8)77(97(15)87(112)61(50(4)5)44-66(103)76(51(6)7)96(13)14)68(114-16)46-75(105)98-37-23-27-63(98)82(115-17)53(9)64(101)40-57(38-55-24-20-19-21-25-55)85(110)92-36-34-54-28-30-56(31-29-54)39-65(102)62(26-22-35-93-88(90)113)95-86(111)60(49(2)3)41-59(100)43-69-79(107)81(109)72(117-69)48-94-74(104)45-70-80(108)78(106)67(116-70)33-32-58(99)42-71-83-84(73(118-71)47-91-12)120-89(10,11)119-83/h19-21,24-25,28-31,49-53,57,60-63,67-73,76-84,91,106-109H,18,22-23,26-27,32-48H2,1-17H3,(H,92,110)(H,94,104)(H,95,111)(H3,90,93,113)/t52-,53?,57+,60+,61-,62+,63?,67+,68?,69-,70?,71-,72+,73+,76?,77-,78+,79?,80-,81?,82?,83?,84?/m0/s1. The van der Waals surface area contributed by atoms with Gasteiger partial charge in [0.05, 0.1) is 79.7 Å². The van der Waals surface area contributed by atoms with Crippen molar-refractivity contribution in [3.8, 4) is 0 Å². The third kappa shape index (κ3) is 27.9. The molecule has 0 bridgehead atoms. The lowest BCUT2D eigenvalue weighted by atomic mass is 9.83. The number of hydrogen-bond acceptors (Lipinski definition) is 24. The van der Waals surface area contributed by atoms with Crippen molar-refractivity contribution < 1.29 is 106 Å². The van der Waals surface area contributed by atoms with Crippen molar-refractivity contribution >= 4 is 64.5 Å². The molecule has 5 saturated heterocycles. The molecule has 5 aliphatic heterocycles. The number of primary amides is 1. The number of benzene rings is 2. The lowest BCUT2D eigenvalue weighted by Crippen LogP contribution is -2.54. The molecule has 31 nitrogen and oxygen atoms in total. The van der Waals surface area contributed by atoms with Gasteiger partial charge in [0, 0.05) is 123 Å². The van der Waals surface area contributed by atoms with E-state index in [0.717, 1.165) is 11.1 Å². The van der Waals surface area contributed by atoms with E-state index in [9.17, 15) is 73.2 Å². The summed E-state index contributed by atoms with van der Waals surface area (Å²) in [7, 11) is 10.4. The second-order valence-electron chi connectivity index (χ2n) is 35.6. The van der Waals surface area contributed by atoms with Gasteiger partial charge in [0.2, 0.25) is 29.5 Å². The molecule has 7 amide bonds. The second kappa shape index (κ2) is 47.1. The fraction of sp³-hybridized carbons (Fsp3) is 0.742. The van der Waals surface area contributed by atoms with E-state index < -0.39 is 163 Å². The van der Waals surface area contributed by atoms with Gasteiger partial charge in [-0.2, -0.15) is 0 Å². The van der Waals surface area contributed by atoms with Crippen LogP contribution in [0.4, 0.5) is 4.79 Å². The molecule has 2 aromatic rings. The molecule has 120 heavy (non-hydrogen) atoms. The molecule has 0 saturated carbocycles. The summed E-state index contributed by atoms with van der Waals surface area (Å²) in [4.78, 5) is 158. The molecular weight excluding hydrogens is 1550 g/mol. The van der Waals surface area contributed by atoms with Gasteiger partial charge in [0.15, 0.2) is 17.4 Å². The van der Waals surface area contributed by atoms with Crippen LogP contribution in [0.15, 0.2) is 54.6 Å². The number of ketones is 5. The number of Topliss-reactive ketones (excluding diaryl/α,β-unsaturated/α-hetero) is 5. The van der Waals surface area contributed by atoms with Gasteiger partial charge in [0.25, 0.3) is 0 Å². The van der Waals surface area contributed by atoms with Gasteiger partial charge in [-0.3, -0.25) is 52.8 Å². The number of ether oxygens (including phenoxy) is 7. The summed E-state index contributed by atoms with van der Waals surface area (Å²) < 4.78 is 42.4. The highest BCUT2D eigenvalue weighted by atomic mass is 16.8. The van der Waals surface area contributed by atoms with E-state index in [1.165, 1.54) is 7.11 Å². The second-order valence-corrected chi connectivity index (χ2v) is 35.6. The average Bonchev–Trinajstić information content (AvgIpc) is 1.59. The molecule has 0 radical (unpaired) electrons. The van der Waals surface area contributed by atoms with Crippen LogP contribution < -0.4 is 32.3 Å². The van der Waals surface area contributed by atoms with Gasteiger partial charge in [-0.15, -0.1) is 0 Å². The predicted molar refractivity (Wildman–Crippen MR) is 447 cm³/mol. The van der Waals surface area contributed by atoms with Crippen molar-refractivity contribution in [2.45, 2.75) is 301 Å². The minimum absolute atomic E-state index is 0.00478. The van der Waals surface area contributed by atoms with E-state index in [0.29, 0.717) is 44.3 Å². The molecule has 11 N–H and O–H groups in total. The number of aliphatic hydroxyl groups is 4. The number of nitrogens with zero attached hydrogens (tertiary/aromatic N) is 3. The number of aliphatic hydroxyl groups excluding tert-OH is 4. The summed E-state index contributed by atoms with van der Waals surface area (Å²) in [5.41, 5.74) is 7.65. The van der Waals surface area contributed by atoms with Gasteiger partial charge in [-0.05, 0) is 120 Å². The normalized spacial score (nSPS) is 25.8. The van der Waals surface area contributed by atoms with E-state index in [-0.39, 0.29) is 167 Å². The topological polar surface area (TPSA) is 429 Å². The maximum atomic E-state index is 14.7. The molecule has 0 spiro atoms. The number of urea groups is 1. The SMILES string of the molecule is CC[C@H](C)[C@@H](C(CC(=O)N1CCCC1C(OC)C(C)C(=O)C[C@@H](Cc1ccccc1)C(=O)NCCc1ccc(CC(=O)[C@@H](CCCNC(N)=O)NC(=O)[C@H](CC(=O)C[C@@H]2O[C@H](CNC(=O)CC3O[C@H](CCC(=O)C[C@@H]4O[C@H](CNC)C5OC(C)(C)OC54)[C@@H](O)[C@H]3O)C(O)C2O)C(C)C)cc1)OC)N(C)C(=O)[C@@H](CC(=O)C(C(C)C)N(C)C)C(C)C. The van der Waals surface area contributed by atoms with Crippen LogP contribution in [0.3, 0.4) is 0 Å². The van der Waals surface area contributed by atoms with Crippen LogP contribution in [0.1, 0.15) is 183 Å². The summed E-state index contributed by atoms with van der Waals surface area (Å²) in [6.45, 7) is 21.8. The first kappa shape index (κ1) is 100.0. The molecule has 31 heteroatoms. The molecule has 0 aromatic heterocycles. The number of nitrogens with one attached hydrogen (secondary N) is 5. The number of methoxy groups -OCH3 is 2. The fourth-order valence-electron chi connectivity index (χ4n) is 18.1. The van der Waals surface area contributed by atoms with Crippen LogP contribution in [-0.2, 0) is 100 Å². The highest BCUT2D eigenvalue weighted by Crippen LogP contribution is 2.41. The van der Waals surface area contributed by atoms with E-state index >= 15 is 0 Å². The molecule has 5 aliphatic rings. The van der Waals surface area contributed by atoms with E-state index in [1.54, 1.807) is 77.8 Å². The molecular formula is C89H141N9O22. The van der Waals surface area contributed by atoms with E-state index in [2.05, 4.69) is 26.6 Å². The maximum absolute atomic E-state index is 14.7. The predicted octanol–water partition coefficient (Wildman–Crippen LogP) is 4.30. The quantitative estimate of drug-likeness (QED) is 0.0413. The zero-order chi connectivity index (χ0) is 88.7.